The molecule has 62 heavy (non-hydrogen) atoms. The van der Waals surface area contributed by atoms with Crippen molar-refractivity contribution in [3.63, 3.8) is 0 Å². The molecule has 0 saturated carbocycles. The smallest absolute Gasteiger partial charge is 0.206 e. The second-order valence-electron chi connectivity index (χ2n) is 18.0. The van der Waals surface area contributed by atoms with Gasteiger partial charge in [-0.05, 0) is 158 Å². The van der Waals surface area contributed by atoms with Gasteiger partial charge in [-0.15, -0.1) is 0 Å². The zero-order valence-electron chi connectivity index (χ0n) is 36.5. The summed E-state index contributed by atoms with van der Waals surface area (Å²) in [5.74, 6) is 1.38. The number of piperidine rings is 1. The van der Waals surface area contributed by atoms with E-state index >= 15 is 0 Å². The van der Waals surface area contributed by atoms with Crippen molar-refractivity contribution in [1.82, 2.24) is 0 Å². The molecule has 0 aromatic heterocycles. The molecular formula is C50H54F2N2O6S2+2. The average molecular weight is 881 g/mol. The average Bonchev–Trinajstić information content (AvgIpc) is 3.21. The summed E-state index contributed by atoms with van der Waals surface area (Å²) in [7, 11) is 1.38. The van der Waals surface area contributed by atoms with Crippen molar-refractivity contribution in [1.29, 1.82) is 0 Å². The molecular weight excluding hydrogens is 827 g/mol. The maximum atomic E-state index is 13.5. The van der Waals surface area contributed by atoms with Gasteiger partial charge in [0.2, 0.25) is 26.3 Å². The largest absolute Gasteiger partial charge is 0.457 e. The SMILES string of the molecule is Cc1cc(C2(c3cc(C)c(Oc4ccc(S(=O)(=O)c5ccc(F)cc5)cc4)c(C)c3)CC[N+](C)(C[N+](C)(C)C)CC2)cc(C)c1Oc1ccc(S(=O)(=O)c2ccc(F)cc2)cc1. The highest BCUT2D eigenvalue weighted by atomic mass is 32.2. The fourth-order valence-corrected chi connectivity index (χ4v) is 11.5. The van der Waals surface area contributed by atoms with Crippen LogP contribution in [0.2, 0.25) is 0 Å². The predicted molar refractivity (Wildman–Crippen MR) is 237 cm³/mol. The van der Waals surface area contributed by atoms with Gasteiger partial charge in [0.1, 0.15) is 34.6 Å². The lowest BCUT2D eigenvalue weighted by molar-refractivity contribution is -1.07. The van der Waals surface area contributed by atoms with E-state index in [1.54, 1.807) is 24.3 Å². The van der Waals surface area contributed by atoms with Gasteiger partial charge < -0.3 is 9.47 Å². The van der Waals surface area contributed by atoms with Crippen molar-refractivity contribution in [3.8, 4) is 23.0 Å². The van der Waals surface area contributed by atoms with Crippen LogP contribution in [0.25, 0.3) is 0 Å². The molecule has 0 bridgehead atoms. The minimum Gasteiger partial charge on any atom is -0.457 e. The van der Waals surface area contributed by atoms with Gasteiger partial charge in [-0.25, -0.2) is 25.6 Å². The van der Waals surface area contributed by atoms with Gasteiger partial charge >= 0.3 is 0 Å². The number of rotatable bonds is 12. The van der Waals surface area contributed by atoms with Crippen LogP contribution < -0.4 is 9.47 Å². The number of halogens is 2. The second kappa shape index (κ2) is 16.7. The Labute approximate surface area is 365 Å². The summed E-state index contributed by atoms with van der Waals surface area (Å²) in [6, 6.07) is 31.0. The maximum absolute atomic E-state index is 13.5. The summed E-state index contributed by atoms with van der Waals surface area (Å²) < 4.78 is 94.5. The molecule has 0 aliphatic carbocycles. The Morgan fingerprint density at radius 3 is 1.11 bits per heavy atom. The van der Waals surface area contributed by atoms with Gasteiger partial charge in [0.25, 0.3) is 0 Å². The molecule has 0 atom stereocenters. The highest BCUT2D eigenvalue weighted by molar-refractivity contribution is 7.91. The van der Waals surface area contributed by atoms with Crippen molar-refractivity contribution in [2.75, 3.05) is 47.9 Å². The summed E-state index contributed by atoms with van der Waals surface area (Å²) >= 11 is 0. The van der Waals surface area contributed by atoms with Crippen molar-refractivity contribution >= 4 is 19.7 Å². The summed E-state index contributed by atoms with van der Waals surface area (Å²) in [6.07, 6.45) is 1.82. The maximum Gasteiger partial charge on any atom is 0.206 e. The highest BCUT2D eigenvalue weighted by Gasteiger charge is 2.45. The van der Waals surface area contributed by atoms with Crippen LogP contribution >= 0.6 is 0 Å². The van der Waals surface area contributed by atoms with Crippen LogP contribution in [-0.4, -0.2) is 73.8 Å². The van der Waals surface area contributed by atoms with E-state index < -0.39 is 31.3 Å². The third-order valence-electron chi connectivity index (χ3n) is 11.9. The standard InChI is InChI=1S/C50H54F2N2O6S2/c1-34-29-38(30-35(2)48(34)59-42-13-21-46(22-14-42)61(55,56)44-17-9-40(51)10-18-44)50(25-27-54(8,28-26-50)33-53(5,6)7)39-31-36(3)49(37(4)32-39)60-43-15-23-47(24-16-43)62(57,58)45-19-11-41(52)12-20-45/h9-24,29-32H,25-28,33H2,1-8H3/q+2. The van der Waals surface area contributed by atoms with Gasteiger partial charge in [0, 0.05) is 18.3 Å². The molecule has 6 aromatic rings. The Hall–Kier alpha value is -5.40. The molecule has 0 spiro atoms. The van der Waals surface area contributed by atoms with E-state index in [1.807, 2.05) is 27.7 Å². The van der Waals surface area contributed by atoms with E-state index in [0.717, 1.165) is 88.1 Å². The molecule has 1 heterocycles. The monoisotopic (exact) mass is 880 g/mol. The topological polar surface area (TPSA) is 86.7 Å². The third-order valence-corrected chi connectivity index (χ3v) is 15.5. The Bertz CT molecular complexity index is 2610. The number of likely N-dealkylation sites (tertiary alicyclic amines) is 1. The van der Waals surface area contributed by atoms with Crippen molar-refractivity contribution < 1.29 is 44.1 Å². The van der Waals surface area contributed by atoms with Gasteiger partial charge in [0.05, 0.1) is 60.9 Å². The number of quaternary nitrogens is 2. The molecule has 7 rings (SSSR count). The minimum absolute atomic E-state index is 0.0146. The van der Waals surface area contributed by atoms with Gasteiger partial charge in [-0.1, -0.05) is 24.3 Å². The molecule has 1 fully saturated rings. The molecule has 0 N–H and O–H groups in total. The molecule has 0 amide bonds. The molecule has 0 radical (unpaired) electrons. The van der Waals surface area contributed by atoms with Crippen LogP contribution in [0.5, 0.6) is 23.0 Å². The van der Waals surface area contributed by atoms with Crippen LogP contribution in [0, 0.1) is 39.3 Å². The van der Waals surface area contributed by atoms with Crippen LogP contribution in [0.15, 0.2) is 141 Å². The zero-order chi connectivity index (χ0) is 44.8. The summed E-state index contributed by atoms with van der Waals surface area (Å²) in [5, 5.41) is 0. The Kier molecular flexibility index (Phi) is 12.0. The Morgan fingerprint density at radius 2 is 0.823 bits per heavy atom. The first-order valence-corrected chi connectivity index (χ1v) is 23.5. The molecule has 0 unspecified atom stereocenters. The molecule has 1 aliphatic rings. The quantitative estimate of drug-likeness (QED) is 0.0899. The number of aryl methyl sites for hydroxylation is 4. The lowest BCUT2D eigenvalue weighted by Gasteiger charge is -2.48. The van der Waals surface area contributed by atoms with Gasteiger partial charge in [-0.2, -0.15) is 0 Å². The van der Waals surface area contributed by atoms with E-state index in [2.05, 4.69) is 52.5 Å². The number of nitrogens with zero attached hydrogens (tertiary/aromatic N) is 2. The fraction of sp³-hybridized carbons (Fsp3) is 0.280. The first-order chi connectivity index (χ1) is 29.1. The fourth-order valence-electron chi connectivity index (χ4n) is 8.95. The summed E-state index contributed by atoms with van der Waals surface area (Å²) in [5.41, 5.74) is 5.89. The second-order valence-corrected chi connectivity index (χ2v) is 21.9. The Morgan fingerprint density at radius 1 is 0.532 bits per heavy atom. The number of benzene rings is 6. The van der Waals surface area contributed by atoms with Crippen LogP contribution in [-0.2, 0) is 25.1 Å². The number of ether oxygens (including phenoxy) is 2. The number of hydrogen-bond donors (Lipinski definition) is 0. The molecule has 1 aliphatic heterocycles. The third kappa shape index (κ3) is 9.20. The van der Waals surface area contributed by atoms with E-state index in [1.165, 1.54) is 59.7 Å². The lowest BCUT2D eigenvalue weighted by atomic mass is 9.66. The predicted octanol–water partition coefficient (Wildman–Crippen LogP) is 10.6. The molecule has 8 nitrogen and oxygen atoms in total. The number of hydrogen-bond acceptors (Lipinski definition) is 6. The minimum atomic E-state index is -3.83. The lowest BCUT2D eigenvalue weighted by Crippen LogP contribution is -2.61. The van der Waals surface area contributed by atoms with E-state index in [-0.39, 0.29) is 25.0 Å². The Balaban J connectivity index is 1.18. The van der Waals surface area contributed by atoms with Gasteiger partial charge in [0.15, 0.2) is 0 Å². The normalized spacial score (nSPS) is 15.3. The molecule has 1 saturated heterocycles. The molecule has 324 valence electrons. The van der Waals surface area contributed by atoms with E-state index in [9.17, 15) is 25.6 Å². The van der Waals surface area contributed by atoms with Crippen LogP contribution in [0.4, 0.5) is 8.78 Å². The van der Waals surface area contributed by atoms with Crippen LogP contribution in [0.1, 0.15) is 46.2 Å². The molecule has 12 heteroatoms. The van der Waals surface area contributed by atoms with Crippen molar-refractivity contribution in [2.24, 2.45) is 0 Å². The zero-order valence-corrected chi connectivity index (χ0v) is 38.1. The molecule has 6 aromatic carbocycles. The van der Waals surface area contributed by atoms with E-state index in [0.29, 0.717) is 23.0 Å². The van der Waals surface area contributed by atoms with E-state index in [4.69, 9.17) is 9.47 Å². The van der Waals surface area contributed by atoms with Crippen molar-refractivity contribution in [3.05, 3.63) is 166 Å². The highest BCUT2D eigenvalue weighted by Crippen LogP contribution is 2.47. The number of sulfone groups is 2. The van der Waals surface area contributed by atoms with Crippen molar-refractivity contribution in [2.45, 2.75) is 65.5 Å². The van der Waals surface area contributed by atoms with Gasteiger partial charge in [-0.3, -0.25) is 8.97 Å². The first-order valence-electron chi connectivity index (χ1n) is 20.5. The summed E-state index contributed by atoms with van der Waals surface area (Å²) in [6.45, 7) is 11.1. The first kappa shape index (κ1) is 44.6. The summed E-state index contributed by atoms with van der Waals surface area (Å²) in [4.78, 5) is 0.203. The van der Waals surface area contributed by atoms with Crippen LogP contribution in [0.3, 0.4) is 0 Å².